The Hall–Kier alpha value is -2.18. The standard InChI is InChI=1S/C49H89NO5/c1-3-5-7-9-11-13-15-18-23-27-31-35-39-43-49(54)55-44-40-36-32-28-24-20-17-19-22-26-30-34-38-42-48(53)50-46(45-51)47(52)41-37-33-29-25-21-16-14-12-10-8-6-4-2/h7,9,13,15,19,22,37,41,46-47,51-52H,3-6,8,10-12,14,16-18,20-21,23-36,38-40,42-45H2,1-2H3,(H,50,53)/b9-7-,15-13-,22-19-,41-37+. The highest BCUT2D eigenvalue weighted by Crippen LogP contribution is 2.13. The number of amides is 1. The lowest BCUT2D eigenvalue weighted by molar-refractivity contribution is -0.143. The average molecular weight is 772 g/mol. The fourth-order valence-corrected chi connectivity index (χ4v) is 6.66. The molecule has 0 saturated heterocycles. The molecule has 0 fully saturated rings. The number of aliphatic hydroxyl groups is 2. The Labute approximate surface area is 340 Å². The molecule has 0 rings (SSSR count). The smallest absolute Gasteiger partial charge is 0.305 e. The van der Waals surface area contributed by atoms with Gasteiger partial charge in [0.05, 0.1) is 25.4 Å². The number of nitrogens with one attached hydrogen (secondary N) is 1. The topological polar surface area (TPSA) is 95.9 Å². The van der Waals surface area contributed by atoms with Crippen LogP contribution in [0.2, 0.25) is 0 Å². The molecule has 3 N–H and O–H groups in total. The van der Waals surface area contributed by atoms with Crippen molar-refractivity contribution in [1.29, 1.82) is 0 Å². The number of esters is 1. The molecule has 0 radical (unpaired) electrons. The number of aliphatic hydroxyl groups excluding tert-OH is 2. The van der Waals surface area contributed by atoms with Crippen molar-refractivity contribution in [3.63, 3.8) is 0 Å². The summed E-state index contributed by atoms with van der Waals surface area (Å²) in [4.78, 5) is 24.3. The van der Waals surface area contributed by atoms with Crippen LogP contribution in [0.3, 0.4) is 0 Å². The van der Waals surface area contributed by atoms with E-state index < -0.39 is 12.1 Å². The third-order valence-corrected chi connectivity index (χ3v) is 10.3. The van der Waals surface area contributed by atoms with Gasteiger partial charge in [-0.2, -0.15) is 0 Å². The SMILES string of the molecule is CCC/C=C\C/C=C\CCCCCCCC(=O)OCCCCCCCC/C=C\CCCCCC(=O)NC(CO)C(O)/C=C/CCCCCCCCCCCC. The molecule has 2 atom stereocenters. The molecule has 0 aliphatic carbocycles. The number of rotatable bonds is 42. The fourth-order valence-electron chi connectivity index (χ4n) is 6.66. The first-order chi connectivity index (χ1) is 27.0. The van der Waals surface area contributed by atoms with Crippen molar-refractivity contribution in [2.75, 3.05) is 13.2 Å². The van der Waals surface area contributed by atoms with Crippen molar-refractivity contribution in [2.24, 2.45) is 0 Å². The summed E-state index contributed by atoms with van der Waals surface area (Å²) in [5.74, 6) is -0.132. The lowest BCUT2D eigenvalue weighted by Crippen LogP contribution is -2.45. The summed E-state index contributed by atoms with van der Waals surface area (Å²) in [6.45, 7) is 4.76. The quantitative estimate of drug-likeness (QED) is 0.0326. The van der Waals surface area contributed by atoms with Gasteiger partial charge in [0.25, 0.3) is 0 Å². The van der Waals surface area contributed by atoms with Gasteiger partial charge >= 0.3 is 5.97 Å². The Morgan fingerprint density at radius 2 is 0.945 bits per heavy atom. The van der Waals surface area contributed by atoms with Crippen molar-refractivity contribution in [3.8, 4) is 0 Å². The fraction of sp³-hybridized carbons (Fsp3) is 0.796. The highest BCUT2D eigenvalue weighted by Gasteiger charge is 2.18. The molecule has 320 valence electrons. The maximum atomic E-state index is 12.4. The number of carbonyl (C=O) groups is 2. The highest BCUT2D eigenvalue weighted by molar-refractivity contribution is 5.76. The lowest BCUT2D eigenvalue weighted by Gasteiger charge is -2.19. The van der Waals surface area contributed by atoms with Gasteiger partial charge in [-0.1, -0.05) is 178 Å². The van der Waals surface area contributed by atoms with E-state index in [2.05, 4.69) is 55.6 Å². The van der Waals surface area contributed by atoms with E-state index in [1.165, 1.54) is 116 Å². The summed E-state index contributed by atoms with van der Waals surface area (Å²) in [6, 6.07) is -0.648. The molecule has 6 heteroatoms. The predicted octanol–water partition coefficient (Wildman–Crippen LogP) is 13.5. The van der Waals surface area contributed by atoms with Crippen LogP contribution < -0.4 is 5.32 Å². The predicted molar refractivity (Wildman–Crippen MR) is 236 cm³/mol. The summed E-state index contributed by atoms with van der Waals surface area (Å²) in [5, 5.41) is 22.9. The van der Waals surface area contributed by atoms with E-state index in [1.54, 1.807) is 6.08 Å². The lowest BCUT2D eigenvalue weighted by atomic mass is 10.1. The summed E-state index contributed by atoms with van der Waals surface area (Å²) in [7, 11) is 0. The van der Waals surface area contributed by atoms with E-state index in [1.807, 2.05) is 6.08 Å². The Balaban J connectivity index is 3.56. The third kappa shape index (κ3) is 41.3. The van der Waals surface area contributed by atoms with E-state index in [0.717, 1.165) is 83.5 Å². The molecule has 0 aliphatic rings. The van der Waals surface area contributed by atoms with Crippen LogP contribution >= 0.6 is 0 Å². The highest BCUT2D eigenvalue weighted by atomic mass is 16.5. The summed E-state index contributed by atoms with van der Waals surface area (Å²) in [5.41, 5.74) is 0. The third-order valence-electron chi connectivity index (χ3n) is 10.3. The van der Waals surface area contributed by atoms with Gasteiger partial charge in [0.1, 0.15) is 0 Å². The first-order valence-corrected chi connectivity index (χ1v) is 23.4. The number of carbonyl (C=O) groups excluding carboxylic acids is 2. The minimum atomic E-state index is -0.861. The van der Waals surface area contributed by atoms with Crippen LogP contribution in [-0.4, -0.2) is 47.4 Å². The molecule has 55 heavy (non-hydrogen) atoms. The van der Waals surface area contributed by atoms with E-state index in [4.69, 9.17) is 4.74 Å². The van der Waals surface area contributed by atoms with Gasteiger partial charge in [-0.3, -0.25) is 9.59 Å². The first-order valence-electron chi connectivity index (χ1n) is 23.4. The maximum Gasteiger partial charge on any atom is 0.305 e. The molecule has 6 nitrogen and oxygen atoms in total. The number of ether oxygens (including phenoxy) is 1. The average Bonchev–Trinajstić information content (AvgIpc) is 3.18. The molecular weight excluding hydrogens is 683 g/mol. The van der Waals surface area contributed by atoms with Gasteiger partial charge in [-0.25, -0.2) is 0 Å². The molecule has 0 aliphatic heterocycles. The number of hydrogen-bond acceptors (Lipinski definition) is 5. The van der Waals surface area contributed by atoms with Crippen LogP contribution in [0.5, 0.6) is 0 Å². The Bertz CT molecular complexity index is 942. The monoisotopic (exact) mass is 772 g/mol. The second kappa shape index (κ2) is 44.5. The minimum absolute atomic E-state index is 0.0308. The zero-order chi connectivity index (χ0) is 40.1. The van der Waals surface area contributed by atoms with Crippen molar-refractivity contribution in [1.82, 2.24) is 5.32 Å². The molecular formula is C49H89NO5. The van der Waals surface area contributed by atoms with Crippen LogP contribution in [0, 0.1) is 0 Å². The van der Waals surface area contributed by atoms with Crippen LogP contribution in [0.1, 0.15) is 226 Å². The van der Waals surface area contributed by atoms with Crippen LogP contribution in [-0.2, 0) is 14.3 Å². The molecule has 0 saturated carbocycles. The largest absolute Gasteiger partial charge is 0.466 e. The van der Waals surface area contributed by atoms with Gasteiger partial charge in [-0.15, -0.1) is 0 Å². The maximum absolute atomic E-state index is 12.4. The Morgan fingerprint density at radius 1 is 0.509 bits per heavy atom. The number of hydrogen-bond donors (Lipinski definition) is 3. The summed E-state index contributed by atoms with van der Waals surface area (Å²) < 4.78 is 5.43. The molecule has 0 heterocycles. The van der Waals surface area contributed by atoms with E-state index in [-0.39, 0.29) is 18.5 Å². The summed E-state index contributed by atoms with van der Waals surface area (Å²) >= 11 is 0. The van der Waals surface area contributed by atoms with Gasteiger partial charge in [0.2, 0.25) is 5.91 Å². The zero-order valence-electron chi connectivity index (χ0n) is 36.1. The van der Waals surface area contributed by atoms with Gasteiger partial charge in [-0.05, 0) is 83.5 Å². The van der Waals surface area contributed by atoms with E-state index in [0.29, 0.717) is 19.4 Å². The second-order valence-corrected chi connectivity index (χ2v) is 15.7. The van der Waals surface area contributed by atoms with Crippen molar-refractivity contribution in [3.05, 3.63) is 48.6 Å². The Morgan fingerprint density at radius 3 is 1.49 bits per heavy atom. The van der Waals surface area contributed by atoms with Gasteiger partial charge in [0, 0.05) is 12.8 Å². The summed E-state index contributed by atoms with van der Waals surface area (Å²) in [6.07, 6.45) is 53.8. The van der Waals surface area contributed by atoms with Gasteiger partial charge in [0.15, 0.2) is 0 Å². The second-order valence-electron chi connectivity index (χ2n) is 15.7. The Kier molecular flexibility index (Phi) is 42.8. The van der Waals surface area contributed by atoms with E-state index >= 15 is 0 Å². The molecule has 1 amide bonds. The van der Waals surface area contributed by atoms with Crippen molar-refractivity contribution in [2.45, 2.75) is 238 Å². The first kappa shape index (κ1) is 52.8. The van der Waals surface area contributed by atoms with E-state index in [9.17, 15) is 19.8 Å². The molecule has 2 unspecified atom stereocenters. The van der Waals surface area contributed by atoms with Crippen LogP contribution in [0.25, 0.3) is 0 Å². The molecule has 0 aromatic carbocycles. The minimum Gasteiger partial charge on any atom is -0.466 e. The van der Waals surface area contributed by atoms with Crippen LogP contribution in [0.4, 0.5) is 0 Å². The number of allylic oxidation sites excluding steroid dienone is 7. The molecule has 0 aromatic rings. The normalized spacial score (nSPS) is 13.2. The van der Waals surface area contributed by atoms with Crippen molar-refractivity contribution < 1.29 is 24.5 Å². The van der Waals surface area contributed by atoms with Crippen LogP contribution in [0.15, 0.2) is 48.6 Å². The zero-order valence-corrected chi connectivity index (χ0v) is 36.1. The number of unbranched alkanes of at least 4 members (excludes halogenated alkanes) is 25. The molecule has 0 bridgehead atoms. The molecule has 0 aromatic heterocycles. The van der Waals surface area contributed by atoms with Gasteiger partial charge < -0.3 is 20.3 Å². The van der Waals surface area contributed by atoms with Crippen molar-refractivity contribution >= 4 is 11.9 Å². The molecule has 0 spiro atoms.